The molecule has 0 amide bonds. The number of carbonyl (C=O) groups is 1. The molecule has 2 rings (SSSR count). The van der Waals surface area contributed by atoms with Crippen LogP contribution >= 0.6 is 0 Å². The Hall–Kier alpha value is -2.03. The van der Waals surface area contributed by atoms with Gasteiger partial charge in [0.1, 0.15) is 5.76 Å². The lowest BCUT2D eigenvalue weighted by atomic mass is 10.1. The van der Waals surface area contributed by atoms with E-state index < -0.39 is 5.97 Å². The van der Waals surface area contributed by atoms with Crippen LogP contribution in [0.15, 0.2) is 40.8 Å². The van der Waals surface area contributed by atoms with Gasteiger partial charge in [-0.25, -0.2) is 4.79 Å². The van der Waals surface area contributed by atoms with E-state index in [1.54, 1.807) is 6.07 Å². The van der Waals surface area contributed by atoms with Crippen LogP contribution in [0.4, 0.5) is 0 Å². The van der Waals surface area contributed by atoms with Crippen molar-refractivity contribution in [1.82, 2.24) is 0 Å². The highest BCUT2D eigenvalue weighted by Crippen LogP contribution is 2.22. The van der Waals surface area contributed by atoms with Crippen molar-refractivity contribution >= 4 is 5.97 Å². The predicted octanol–water partition coefficient (Wildman–Crippen LogP) is 3.21. The summed E-state index contributed by atoms with van der Waals surface area (Å²) in [6.45, 7) is 2.09. The molecule has 1 heterocycles. The van der Waals surface area contributed by atoms with E-state index in [2.05, 4.69) is 6.92 Å². The molecule has 0 unspecified atom stereocenters. The minimum atomic E-state index is -1.04. The molecule has 1 aromatic heterocycles. The SMILES string of the molecule is CCc1ccc(-c2ccc(C(=O)O)o2)cc1. The molecule has 3 heteroatoms. The summed E-state index contributed by atoms with van der Waals surface area (Å²) in [5, 5.41) is 8.73. The maximum absolute atomic E-state index is 10.7. The largest absolute Gasteiger partial charge is 0.475 e. The molecular formula is C13H12O3. The third-order valence-corrected chi connectivity index (χ3v) is 2.46. The lowest BCUT2D eigenvalue weighted by Gasteiger charge is -1.99. The van der Waals surface area contributed by atoms with Gasteiger partial charge in [-0.3, -0.25) is 0 Å². The van der Waals surface area contributed by atoms with E-state index in [-0.39, 0.29) is 5.76 Å². The fourth-order valence-electron chi connectivity index (χ4n) is 1.51. The second kappa shape index (κ2) is 4.23. The molecule has 0 saturated heterocycles. The Morgan fingerprint density at radius 1 is 1.19 bits per heavy atom. The van der Waals surface area contributed by atoms with Crippen molar-refractivity contribution in [2.75, 3.05) is 0 Å². The van der Waals surface area contributed by atoms with Crippen LogP contribution in [-0.2, 0) is 6.42 Å². The second-order valence-electron chi connectivity index (χ2n) is 3.52. The third-order valence-electron chi connectivity index (χ3n) is 2.46. The number of carboxylic acid groups (broad SMARTS) is 1. The molecule has 0 aliphatic carbocycles. The Labute approximate surface area is 93.3 Å². The van der Waals surface area contributed by atoms with Crippen molar-refractivity contribution in [2.45, 2.75) is 13.3 Å². The molecule has 0 radical (unpaired) electrons. The molecule has 0 saturated carbocycles. The number of aryl methyl sites for hydroxylation is 1. The first kappa shape index (κ1) is 10.5. The first-order valence-electron chi connectivity index (χ1n) is 5.13. The molecule has 0 fully saturated rings. The molecule has 82 valence electrons. The van der Waals surface area contributed by atoms with Gasteiger partial charge in [-0.1, -0.05) is 31.2 Å². The second-order valence-corrected chi connectivity index (χ2v) is 3.52. The van der Waals surface area contributed by atoms with Gasteiger partial charge in [-0.2, -0.15) is 0 Å². The summed E-state index contributed by atoms with van der Waals surface area (Å²) in [4.78, 5) is 10.7. The Morgan fingerprint density at radius 3 is 2.38 bits per heavy atom. The normalized spacial score (nSPS) is 10.3. The Balaban J connectivity index is 2.31. The summed E-state index contributed by atoms with van der Waals surface area (Å²) in [6, 6.07) is 11.0. The lowest BCUT2D eigenvalue weighted by molar-refractivity contribution is 0.0663. The summed E-state index contributed by atoms with van der Waals surface area (Å²) in [5.74, 6) is -0.494. The van der Waals surface area contributed by atoms with E-state index in [1.807, 2.05) is 24.3 Å². The predicted molar refractivity (Wildman–Crippen MR) is 60.5 cm³/mol. The van der Waals surface area contributed by atoms with Crippen LogP contribution < -0.4 is 0 Å². The molecule has 0 spiro atoms. The van der Waals surface area contributed by atoms with Gasteiger partial charge in [0.25, 0.3) is 0 Å². The number of rotatable bonds is 3. The highest BCUT2D eigenvalue weighted by molar-refractivity contribution is 5.85. The van der Waals surface area contributed by atoms with Gasteiger partial charge in [-0.05, 0) is 24.1 Å². The first-order chi connectivity index (χ1) is 7.70. The molecule has 0 aliphatic rings. The van der Waals surface area contributed by atoms with E-state index in [0.717, 1.165) is 12.0 Å². The number of aromatic carboxylic acids is 1. The Kier molecular flexibility index (Phi) is 2.77. The molecular weight excluding hydrogens is 204 g/mol. The first-order valence-corrected chi connectivity index (χ1v) is 5.13. The fourth-order valence-corrected chi connectivity index (χ4v) is 1.51. The van der Waals surface area contributed by atoms with E-state index in [1.165, 1.54) is 11.6 Å². The Morgan fingerprint density at radius 2 is 1.88 bits per heavy atom. The van der Waals surface area contributed by atoms with Crippen molar-refractivity contribution in [3.05, 3.63) is 47.7 Å². The van der Waals surface area contributed by atoms with Gasteiger partial charge in [-0.15, -0.1) is 0 Å². The summed E-state index contributed by atoms with van der Waals surface area (Å²) < 4.78 is 5.21. The zero-order valence-corrected chi connectivity index (χ0v) is 8.93. The van der Waals surface area contributed by atoms with Gasteiger partial charge in [0.2, 0.25) is 5.76 Å². The van der Waals surface area contributed by atoms with Crippen molar-refractivity contribution in [1.29, 1.82) is 0 Å². The topological polar surface area (TPSA) is 50.4 Å². The summed E-state index contributed by atoms with van der Waals surface area (Å²) >= 11 is 0. The maximum Gasteiger partial charge on any atom is 0.371 e. The number of furan rings is 1. The zero-order valence-electron chi connectivity index (χ0n) is 8.93. The minimum Gasteiger partial charge on any atom is -0.475 e. The van der Waals surface area contributed by atoms with E-state index in [4.69, 9.17) is 9.52 Å². The summed E-state index contributed by atoms with van der Waals surface area (Å²) in [7, 11) is 0. The molecule has 1 aromatic carbocycles. The maximum atomic E-state index is 10.7. The van der Waals surface area contributed by atoms with Crippen molar-refractivity contribution in [2.24, 2.45) is 0 Å². The monoisotopic (exact) mass is 216 g/mol. The average Bonchev–Trinajstić information content (AvgIpc) is 2.78. The van der Waals surface area contributed by atoms with Crippen LogP contribution in [0.2, 0.25) is 0 Å². The smallest absolute Gasteiger partial charge is 0.371 e. The van der Waals surface area contributed by atoms with Gasteiger partial charge < -0.3 is 9.52 Å². The van der Waals surface area contributed by atoms with E-state index in [9.17, 15) is 4.79 Å². The van der Waals surface area contributed by atoms with Gasteiger partial charge in [0, 0.05) is 5.56 Å². The molecule has 0 bridgehead atoms. The molecule has 1 N–H and O–H groups in total. The number of benzene rings is 1. The van der Waals surface area contributed by atoms with Crippen molar-refractivity contribution in [3.63, 3.8) is 0 Å². The fraction of sp³-hybridized carbons (Fsp3) is 0.154. The van der Waals surface area contributed by atoms with Crippen molar-refractivity contribution in [3.8, 4) is 11.3 Å². The summed E-state index contributed by atoms with van der Waals surface area (Å²) in [5.41, 5.74) is 2.14. The minimum absolute atomic E-state index is 0.0328. The molecule has 3 nitrogen and oxygen atoms in total. The van der Waals surface area contributed by atoms with E-state index >= 15 is 0 Å². The molecule has 0 atom stereocenters. The van der Waals surface area contributed by atoms with Crippen LogP contribution in [0.1, 0.15) is 23.0 Å². The highest BCUT2D eigenvalue weighted by atomic mass is 16.4. The lowest BCUT2D eigenvalue weighted by Crippen LogP contribution is -1.91. The van der Waals surface area contributed by atoms with Crippen LogP contribution in [-0.4, -0.2) is 11.1 Å². The highest BCUT2D eigenvalue weighted by Gasteiger charge is 2.09. The standard InChI is InChI=1S/C13H12O3/c1-2-9-3-5-10(6-4-9)11-7-8-12(16-11)13(14)15/h3-8H,2H2,1H3,(H,14,15). The van der Waals surface area contributed by atoms with Gasteiger partial charge in [0.15, 0.2) is 0 Å². The average molecular weight is 216 g/mol. The van der Waals surface area contributed by atoms with Crippen molar-refractivity contribution < 1.29 is 14.3 Å². The quantitative estimate of drug-likeness (QED) is 0.857. The number of hydrogen-bond donors (Lipinski definition) is 1. The molecule has 2 aromatic rings. The zero-order chi connectivity index (χ0) is 11.5. The Bertz CT molecular complexity index is 494. The number of hydrogen-bond acceptors (Lipinski definition) is 2. The van der Waals surface area contributed by atoms with Crippen LogP contribution in [0.5, 0.6) is 0 Å². The van der Waals surface area contributed by atoms with E-state index in [0.29, 0.717) is 5.76 Å². The van der Waals surface area contributed by atoms with Crippen LogP contribution in [0.25, 0.3) is 11.3 Å². The molecule has 16 heavy (non-hydrogen) atoms. The van der Waals surface area contributed by atoms with Gasteiger partial charge in [0.05, 0.1) is 0 Å². The van der Waals surface area contributed by atoms with Gasteiger partial charge >= 0.3 is 5.97 Å². The number of carboxylic acids is 1. The van der Waals surface area contributed by atoms with Crippen LogP contribution in [0.3, 0.4) is 0 Å². The third kappa shape index (κ3) is 1.98. The van der Waals surface area contributed by atoms with Crippen LogP contribution in [0, 0.1) is 0 Å². The summed E-state index contributed by atoms with van der Waals surface area (Å²) in [6.07, 6.45) is 0.985. The molecule has 0 aliphatic heterocycles.